The third-order valence-electron chi connectivity index (χ3n) is 5.76. The van der Waals surface area contributed by atoms with E-state index in [1.807, 2.05) is 12.1 Å². The minimum absolute atomic E-state index is 0.122. The number of carbonyl (C=O) groups excluding carboxylic acids is 1. The molecular weight excluding hydrogens is 340 g/mol. The van der Waals surface area contributed by atoms with Crippen LogP contribution in [-0.4, -0.2) is 33.9 Å². The normalized spacial score (nSPS) is 20.8. The number of carbonyl (C=O) groups is 1. The summed E-state index contributed by atoms with van der Waals surface area (Å²) in [5.74, 6) is -0.0409. The number of ketones is 1. The van der Waals surface area contributed by atoms with E-state index >= 15 is 0 Å². The van der Waals surface area contributed by atoms with Gasteiger partial charge in [-0.1, -0.05) is 51.1 Å². The molecule has 0 aliphatic heterocycles. The number of aryl methyl sites for hydroxylation is 1. The smallest absolute Gasteiger partial charge is 0.192 e. The number of allylic oxidation sites excluding steroid dienone is 1. The molecule has 0 bridgehead atoms. The second-order valence-corrected chi connectivity index (χ2v) is 13.5. The molecule has 144 valence electrons. The molecule has 0 heterocycles. The Labute approximate surface area is 159 Å². The molecule has 1 aliphatic rings. The molecule has 0 saturated heterocycles. The van der Waals surface area contributed by atoms with Crippen molar-refractivity contribution in [1.82, 2.24) is 0 Å². The van der Waals surface area contributed by atoms with Crippen molar-refractivity contribution >= 4 is 14.1 Å². The average molecular weight is 375 g/mol. The summed E-state index contributed by atoms with van der Waals surface area (Å²) < 4.78 is 11.8. The Morgan fingerprint density at radius 1 is 1.12 bits per heavy atom. The minimum atomic E-state index is -1.95. The van der Waals surface area contributed by atoms with Crippen molar-refractivity contribution in [3.05, 3.63) is 47.5 Å². The molecule has 0 fully saturated rings. The van der Waals surface area contributed by atoms with E-state index in [2.05, 4.69) is 52.1 Å². The van der Waals surface area contributed by atoms with Crippen molar-refractivity contribution in [2.75, 3.05) is 13.7 Å². The number of rotatable bonds is 8. The molecule has 0 aromatic heterocycles. The van der Waals surface area contributed by atoms with E-state index in [4.69, 9.17) is 9.16 Å². The van der Waals surface area contributed by atoms with Gasteiger partial charge in [0.2, 0.25) is 0 Å². The van der Waals surface area contributed by atoms with Crippen molar-refractivity contribution in [3.63, 3.8) is 0 Å². The molecule has 4 heteroatoms. The van der Waals surface area contributed by atoms with Gasteiger partial charge in [0.15, 0.2) is 14.1 Å². The SMILES string of the molecule is COCCCCc1ccccc1[C@@H]1C(=O)C=C[C@H]1O[Si](C)(C)C(C)(C)C. The van der Waals surface area contributed by atoms with Gasteiger partial charge >= 0.3 is 0 Å². The van der Waals surface area contributed by atoms with Crippen molar-refractivity contribution in [3.8, 4) is 0 Å². The Morgan fingerprint density at radius 3 is 2.46 bits per heavy atom. The third-order valence-corrected chi connectivity index (χ3v) is 10.2. The molecule has 0 saturated carbocycles. The van der Waals surface area contributed by atoms with Crippen molar-refractivity contribution < 1.29 is 14.0 Å². The monoisotopic (exact) mass is 374 g/mol. The topological polar surface area (TPSA) is 35.5 Å². The molecule has 0 unspecified atom stereocenters. The summed E-state index contributed by atoms with van der Waals surface area (Å²) in [6.07, 6.45) is 6.59. The van der Waals surface area contributed by atoms with Gasteiger partial charge in [-0.3, -0.25) is 4.79 Å². The van der Waals surface area contributed by atoms with Crippen molar-refractivity contribution in [2.45, 2.75) is 70.2 Å². The summed E-state index contributed by atoms with van der Waals surface area (Å²) in [6, 6.07) is 8.34. The Bertz CT molecular complexity index is 643. The van der Waals surface area contributed by atoms with Gasteiger partial charge in [0.05, 0.1) is 12.0 Å². The van der Waals surface area contributed by atoms with Gasteiger partial charge in [-0.2, -0.15) is 0 Å². The molecule has 3 nitrogen and oxygen atoms in total. The van der Waals surface area contributed by atoms with Crippen LogP contribution < -0.4 is 0 Å². The fourth-order valence-corrected chi connectivity index (χ4v) is 4.40. The van der Waals surface area contributed by atoms with Crippen LogP contribution in [0, 0.1) is 0 Å². The second kappa shape index (κ2) is 8.64. The maximum Gasteiger partial charge on any atom is 0.192 e. The summed E-state index contributed by atoms with van der Waals surface area (Å²) >= 11 is 0. The van der Waals surface area contributed by atoms with Crippen molar-refractivity contribution in [1.29, 1.82) is 0 Å². The number of hydrogen-bond donors (Lipinski definition) is 0. The highest BCUT2D eigenvalue weighted by Crippen LogP contribution is 2.41. The zero-order valence-electron chi connectivity index (χ0n) is 17.2. The first kappa shape index (κ1) is 21.1. The van der Waals surface area contributed by atoms with Gasteiger partial charge in [0.1, 0.15) is 0 Å². The molecule has 26 heavy (non-hydrogen) atoms. The van der Waals surface area contributed by atoms with Crippen LogP contribution in [0.1, 0.15) is 50.7 Å². The lowest BCUT2D eigenvalue weighted by atomic mass is 9.88. The summed E-state index contributed by atoms with van der Waals surface area (Å²) in [5.41, 5.74) is 2.39. The second-order valence-electron chi connectivity index (χ2n) is 8.73. The van der Waals surface area contributed by atoms with Crippen LogP contribution in [0.25, 0.3) is 0 Å². The van der Waals surface area contributed by atoms with Gasteiger partial charge in [-0.05, 0) is 54.6 Å². The highest BCUT2D eigenvalue weighted by molar-refractivity contribution is 6.74. The summed E-state index contributed by atoms with van der Waals surface area (Å²) in [4.78, 5) is 12.7. The number of methoxy groups -OCH3 is 1. The highest BCUT2D eigenvalue weighted by atomic mass is 28.4. The summed E-state index contributed by atoms with van der Waals surface area (Å²) in [5, 5.41) is 0.122. The quantitative estimate of drug-likeness (QED) is 0.459. The number of hydrogen-bond acceptors (Lipinski definition) is 3. The van der Waals surface area contributed by atoms with Crippen LogP contribution >= 0.6 is 0 Å². The standard InChI is InChI=1S/C22H34O3Si/c1-22(2,3)26(5,6)25-20-15-14-19(23)21(20)18-13-8-7-11-17(18)12-9-10-16-24-4/h7-8,11,13-15,20-21H,9-10,12,16H2,1-6H3/t20-,21-/m1/s1. The Hall–Kier alpha value is -1.23. The van der Waals surface area contributed by atoms with Crippen LogP contribution in [0.2, 0.25) is 18.1 Å². The lowest BCUT2D eigenvalue weighted by Crippen LogP contribution is -2.44. The molecule has 1 aromatic carbocycles. The first-order valence-corrected chi connectivity index (χ1v) is 12.5. The average Bonchev–Trinajstić information content (AvgIpc) is 2.91. The van der Waals surface area contributed by atoms with Gasteiger partial charge in [0.25, 0.3) is 0 Å². The van der Waals surface area contributed by atoms with Gasteiger partial charge in [0, 0.05) is 13.7 Å². The van der Waals surface area contributed by atoms with E-state index in [-0.39, 0.29) is 22.8 Å². The van der Waals surface area contributed by atoms with E-state index in [1.165, 1.54) is 5.56 Å². The Balaban J connectivity index is 2.21. The van der Waals surface area contributed by atoms with Crippen LogP contribution in [-0.2, 0) is 20.4 Å². The molecule has 1 aromatic rings. The van der Waals surface area contributed by atoms with E-state index in [9.17, 15) is 4.79 Å². The lowest BCUT2D eigenvalue weighted by molar-refractivity contribution is -0.116. The van der Waals surface area contributed by atoms with E-state index in [1.54, 1.807) is 13.2 Å². The summed E-state index contributed by atoms with van der Waals surface area (Å²) in [7, 11) is -0.212. The van der Waals surface area contributed by atoms with Crippen LogP contribution in [0.5, 0.6) is 0 Å². The van der Waals surface area contributed by atoms with Crippen LogP contribution in [0.3, 0.4) is 0 Å². The zero-order chi connectivity index (χ0) is 19.4. The maximum absolute atomic E-state index is 12.7. The maximum atomic E-state index is 12.7. The lowest BCUT2D eigenvalue weighted by Gasteiger charge is -2.39. The minimum Gasteiger partial charge on any atom is -0.409 e. The largest absolute Gasteiger partial charge is 0.409 e. The van der Waals surface area contributed by atoms with E-state index in [0.717, 1.165) is 31.4 Å². The van der Waals surface area contributed by atoms with Gasteiger partial charge in [-0.25, -0.2) is 0 Å². The molecule has 0 N–H and O–H groups in total. The number of unbranched alkanes of at least 4 members (excludes halogenated alkanes) is 1. The number of ether oxygens (including phenoxy) is 1. The zero-order valence-corrected chi connectivity index (χ0v) is 18.2. The van der Waals surface area contributed by atoms with Crippen LogP contribution in [0.4, 0.5) is 0 Å². The van der Waals surface area contributed by atoms with Crippen LogP contribution in [0.15, 0.2) is 36.4 Å². The number of benzene rings is 1. The predicted octanol–water partition coefficient (Wildman–Crippen LogP) is 5.27. The third kappa shape index (κ3) is 4.93. The molecule has 1 aliphatic carbocycles. The fourth-order valence-electron chi connectivity index (χ4n) is 3.15. The van der Waals surface area contributed by atoms with Gasteiger partial charge < -0.3 is 9.16 Å². The molecule has 2 rings (SSSR count). The van der Waals surface area contributed by atoms with E-state index < -0.39 is 8.32 Å². The van der Waals surface area contributed by atoms with Gasteiger partial charge in [-0.15, -0.1) is 0 Å². The van der Waals surface area contributed by atoms with E-state index in [0.29, 0.717) is 0 Å². The van der Waals surface area contributed by atoms with Crippen molar-refractivity contribution in [2.24, 2.45) is 0 Å². The highest BCUT2D eigenvalue weighted by Gasteiger charge is 2.43. The first-order chi connectivity index (χ1) is 12.2. The molecule has 0 radical (unpaired) electrons. The first-order valence-electron chi connectivity index (χ1n) is 9.64. The summed E-state index contributed by atoms with van der Waals surface area (Å²) in [6.45, 7) is 12.0. The molecule has 0 amide bonds. The fraction of sp³-hybridized carbons (Fsp3) is 0.591. The molecule has 0 spiro atoms. The molecule has 2 atom stereocenters. The Kier molecular flexibility index (Phi) is 7.00. The Morgan fingerprint density at radius 2 is 1.81 bits per heavy atom. The molecular formula is C22H34O3Si. The predicted molar refractivity (Wildman–Crippen MR) is 110 cm³/mol.